The van der Waals surface area contributed by atoms with Crippen LogP contribution in [0.5, 0.6) is 0 Å². The number of benzene rings is 2. The molecule has 208 valence electrons. The highest BCUT2D eigenvalue weighted by Crippen LogP contribution is 2.27. The van der Waals surface area contributed by atoms with E-state index < -0.39 is 12.0 Å². The Hall–Kier alpha value is -3.08. The lowest BCUT2D eigenvalue weighted by Crippen LogP contribution is -2.34. The van der Waals surface area contributed by atoms with Gasteiger partial charge in [-0.3, -0.25) is 9.59 Å². The molecule has 0 saturated carbocycles. The predicted octanol–water partition coefficient (Wildman–Crippen LogP) is 6.03. The number of anilines is 1. The highest BCUT2D eigenvalue weighted by atomic mass is 35.5. The normalized spacial score (nSPS) is 11.9. The largest absolute Gasteiger partial charge is 0.459 e. The van der Waals surface area contributed by atoms with Gasteiger partial charge in [0.15, 0.2) is 11.0 Å². The highest BCUT2D eigenvalue weighted by Gasteiger charge is 2.27. The van der Waals surface area contributed by atoms with E-state index in [-0.39, 0.29) is 34.6 Å². The summed E-state index contributed by atoms with van der Waals surface area (Å²) in [6, 6.07) is 10.8. The molecule has 9 nitrogen and oxygen atoms in total. The molecule has 0 aliphatic heterocycles. The highest BCUT2D eigenvalue weighted by molar-refractivity contribution is 7.99. The number of carbonyl (C=O) groups is 3. The lowest BCUT2D eigenvalue weighted by atomic mass is 10.0. The summed E-state index contributed by atoms with van der Waals surface area (Å²) in [6.45, 7) is 9.95. The number of aromatic nitrogens is 3. The lowest BCUT2D eigenvalue weighted by molar-refractivity contribution is -0.113. The zero-order valence-corrected chi connectivity index (χ0v) is 24.7. The molecule has 12 heteroatoms. The Kier molecular flexibility index (Phi) is 10.8. The minimum atomic E-state index is -0.454. The van der Waals surface area contributed by atoms with E-state index in [2.05, 4.69) is 20.8 Å². The fourth-order valence-corrected chi connectivity index (χ4v) is 4.99. The number of amides is 2. The van der Waals surface area contributed by atoms with Crippen LogP contribution in [0, 0.1) is 5.92 Å². The first-order valence-electron chi connectivity index (χ1n) is 12.4. The van der Waals surface area contributed by atoms with Gasteiger partial charge in [-0.05, 0) is 63.1 Å². The van der Waals surface area contributed by atoms with Crippen LogP contribution >= 0.6 is 35.0 Å². The second-order valence-electron chi connectivity index (χ2n) is 9.28. The molecule has 2 aromatic carbocycles. The van der Waals surface area contributed by atoms with Gasteiger partial charge in [-0.2, -0.15) is 0 Å². The summed E-state index contributed by atoms with van der Waals surface area (Å²) in [6.07, 6.45) is -0.244. The summed E-state index contributed by atoms with van der Waals surface area (Å²) in [4.78, 5) is 37.8. The molecular formula is C27H31Cl2N5O4S. The Bertz CT molecular complexity index is 1350. The maximum absolute atomic E-state index is 13.0. The number of thioether (sulfide) groups is 1. The molecule has 0 saturated heterocycles. The van der Waals surface area contributed by atoms with Gasteiger partial charge >= 0.3 is 5.97 Å². The van der Waals surface area contributed by atoms with E-state index in [1.165, 1.54) is 17.8 Å². The number of ether oxygens (including phenoxy) is 1. The van der Waals surface area contributed by atoms with Gasteiger partial charge in [-0.15, -0.1) is 10.2 Å². The van der Waals surface area contributed by atoms with E-state index in [4.69, 9.17) is 27.9 Å². The molecule has 0 radical (unpaired) electrons. The van der Waals surface area contributed by atoms with Gasteiger partial charge in [0.1, 0.15) is 0 Å². The minimum Gasteiger partial charge on any atom is -0.459 e. The number of carbonyl (C=O) groups excluding carboxylic acids is 3. The maximum Gasteiger partial charge on any atom is 0.338 e. The van der Waals surface area contributed by atoms with Gasteiger partial charge < -0.3 is 19.9 Å². The van der Waals surface area contributed by atoms with Crippen molar-refractivity contribution in [1.82, 2.24) is 20.1 Å². The third-order valence-electron chi connectivity index (χ3n) is 5.53. The number of hydrogen-bond acceptors (Lipinski definition) is 7. The Morgan fingerprint density at radius 2 is 1.79 bits per heavy atom. The Balaban J connectivity index is 1.69. The van der Waals surface area contributed by atoms with Gasteiger partial charge in [0.05, 0.1) is 34.0 Å². The molecule has 0 fully saturated rings. The number of halogens is 2. The first-order valence-corrected chi connectivity index (χ1v) is 14.2. The summed E-state index contributed by atoms with van der Waals surface area (Å²) in [5.41, 5.74) is 1.15. The quantitative estimate of drug-likeness (QED) is 0.206. The van der Waals surface area contributed by atoms with E-state index in [0.717, 1.165) is 0 Å². The molecule has 1 aromatic heterocycles. The Morgan fingerprint density at radius 1 is 1.05 bits per heavy atom. The number of nitrogens with zero attached hydrogens (tertiary/aromatic N) is 3. The maximum atomic E-state index is 13.0. The number of esters is 1. The van der Waals surface area contributed by atoms with Gasteiger partial charge in [0.25, 0.3) is 5.91 Å². The number of hydrogen-bond donors (Lipinski definition) is 2. The van der Waals surface area contributed by atoms with Crippen LogP contribution in [0.2, 0.25) is 10.0 Å². The second-order valence-corrected chi connectivity index (χ2v) is 11.1. The molecule has 0 spiro atoms. The van der Waals surface area contributed by atoms with Crippen molar-refractivity contribution >= 4 is 58.4 Å². The van der Waals surface area contributed by atoms with Crippen molar-refractivity contribution in [3.63, 3.8) is 0 Å². The average Bonchev–Trinajstić information content (AvgIpc) is 3.28. The van der Waals surface area contributed by atoms with Crippen molar-refractivity contribution in [3.05, 3.63) is 69.5 Å². The van der Waals surface area contributed by atoms with E-state index in [1.807, 2.05) is 25.3 Å². The first kappa shape index (κ1) is 30.5. The predicted molar refractivity (Wildman–Crippen MR) is 154 cm³/mol. The standard InChI is InChI=1S/C27H31Cl2N5O4S/c1-6-34-24(23(15(2)3)31-25(36)20-11-10-18(28)13-21(20)29)32-33-27(34)39-14-22(35)30-19-9-7-8-17(12-19)26(37)38-16(4)5/h7-13,15-16,23H,6,14H2,1-5H3,(H,30,35)(H,31,36)/t23-/m1/s1. The average molecular weight is 593 g/mol. The first-order chi connectivity index (χ1) is 18.5. The van der Waals surface area contributed by atoms with Crippen LogP contribution in [0.15, 0.2) is 47.6 Å². The van der Waals surface area contributed by atoms with Crippen LogP contribution in [-0.4, -0.2) is 44.4 Å². The van der Waals surface area contributed by atoms with Crippen molar-refractivity contribution in [1.29, 1.82) is 0 Å². The summed E-state index contributed by atoms with van der Waals surface area (Å²) in [7, 11) is 0. The lowest BCUT2D eigenvalue weighted by Gasteiger charge is -2.22. The Labute approximate surface area is 242 Å². The molecule has 1 atom stereocenters. The number of nitrogens with one attached hydrogen (secondary N) is 2. The SMILES string of the molecule is CCn1c(SCC(=O)Nc2cccc(C(=O)OC(C)C)c2)nnc1[C@H](NC(=O)c1ccc(Cl)cc1Cl)C(C)C. The van der Waals surface area contributed by atoms with Crippen LogP contribution < -0.4 is 10.6 Å². The topological polar surface area (TPSA) is 115 Å². The van der Waals surface area contributed by atoms with Crippen LogP contribution in [-0.2, 0) is 16.1 Å². The molecular weight excluding hydrogens is 561 g/mol. The molecule has 1 heterocycles. The summed E-state index contributed by atoms with van der Waals surface area (Å²) in [5.74, 6) is -0.445. The van der Waals surface area contributed by atoms with Crippen LogP contribution in [0.1, 0.15) is 67.2 Å². The van der Waals surface area contributed by atoms with Crippen LogP contribution in [0.4, 0.5) is 5.69 Å². The molecule has 3 aromatic rings. The Morgan fingerprint density at radius 3 is 2.44 bits per heavy atom. The number of rotatable bonds is 11. The fourth-order valence-electron chi connectivity index (χ4n) is 3.69. The molecule has 3 rings (SSSR count). The fraction of sp³-hybridized carbons (Fsp3) is 0.370. The zero-order chi connectivity index (χ0) is 28.7. The molecule has 0 unspecified atom stereocenters. The van der Waals surface area contributed by atoms with E-state index >= 15 is 0 Å². The van der Waals surface area contributed by atoms with Crippen LogP contribution in [0.25, 0.3) is 0 Å². The second kappa shape index (κ2) is 13.8. The van der Waals surface area contributed by atoms with Crippen LogP contribution in [0.3, 0.4) is 0 Å². The smallest absolute Gasteiger partial charge is 0.338 e. The van der Waals surface area contributed by atoms with Gasteiger partial charge in [0, 0.05) is 17.3 Å². The summed E-state index contributed by atoms with van der Waals surface area (Å²) < 4.78 is 7.08. The third kappa shape index (κ3) is 8.20. The van der Waals surface area contributed by atoms with E-state index in [0.29, 0.717) is 39.4 Å². The monoisotopic (exact) mass is 591 g/mol. The van der Waals surface area contributed by atoms with Crippen molar-refractivity contribution < 1.29 is 19.1 Å². The van der Waals surface area contributed by atoms with Crippen molar-refractivity contribution in [2.45, 2.75) is 58.5 Å². The van der Waals surface area contributed by atoms with Gasteiger partial charge in [-0.1, -0.05) is 54.9 Å². The van der Waals surface area contributed by atoms with E-state index in [1.54, 1.807) is 50.2 Å². The molecule has 39 heavy (non-hydrogen) atoms. The molecule has 0 bridgehead atoms. The van der Waals surface area contributed by atoms with Crippen molar-refractivity contribution in [2.24, 2.45) is 5.92 Å². The molecule has 0 aliphatic rings. The summed E-state index contributed by atoms with van der Waals surface area (Å²) >= 11 is 13.4. The third-order valence-corrected chi connectivity index (χ3v) is 7.04. The summed E-state index contributed by atoms with van der Waals surface area (Å²) in [5, 5.41) is 15.7. The van der Waals surface area contributed by atoms with Crippen molar-refractivity contribution in [2.75, 3.05) is 11.1 Å². The molecule has 2 N–H and O–H groups in total. The van der Waals surface area contributed by atoms with Gasteiger partial charge in [-0.25, -0.2) is 4.79 Å². The van der Waals surface area contributed by atoms with Gasteiger partial charge in [0.2, 0.25) is 5.91 Å². The van der Waals surface area contributed by atoms with Crippen molar-refractivity contribution in [3.8, 4) is 0 Å². The minimum absolute atomic E-state index is 0.00895. The molecule has 2 amide bonds. The van der Waals surface area contributed by atoms with E-state index in [9.17, 15) is 14.4 Å². The molecule has 0 aliphatic carbocycles. The zero-order valence-electron chi connectivity index (χ0n) is 22.3.